The Balaban J connectivity index is 2.64. The van der Waals surface area contributed by atoms with Crippen LogP contribution in [-0.2, 0) is 17.6 Å². The molecule has 1 heterocycles. The highest BCUT2D eigenvalue weighted by Crippen LogP contribution is 2.07. The quantitative estimate of drug-likeness (QED) is 0.701. The summed E-state index contributed by atoms with van der Waals surface area (Å²) < 4.78 is 0. The van der Waals surface area contributed by atoms with Crippen molar-refractivity contribution >= 4 is 5.78 Å². The van der Waals surface area contributed by atoms with Crippen molar-refractivity contribution < 1.29 is 4.79 Å². The van der Waals surface area contributed by atoms with Crippen molar-refractivity contribution in [2.75, 3.05) is 0 Å². The van der Waals surface area contributed by atoms with Crippen molar-refractivity contribution in [2.45, 2.75) is 46.5 Å². The summed E-state index contributed by atoms with van der Waals surface area (Å²) in [5, 5.41) is 0. The van der Waals surface area contributed by atoms with E-state index in [4.69, 9.17) is 0 Å². The maximum absolute atomic E-state index is 11.8. The topological polar surface area (TPSA) is 30.0 Å². The van der Waals surface area contributed by atoms with Crippen LogP contribution in [0.25, 0.3) is 0 Å². The predicted octanol–water partition coefficient (Wildman–Crippen LogP) is 3.50. The summed E-state index contributed by atoms with van der Waals surface area (Å²) in [4.78, 5) is 16.1. The van der Waals surface area contributed by atoms with Crippen LogP contribution in [0.5, 0.6) is 0 Å². The fraction of sp³-hybridized carbons (Fsp3) is 0.467. The van der Waals surface area contributed by atoms with Gasteiger partial charge in [-0.1, -0.05) is 32.4 Å². The number of nitrogens with zero attached hydrogens (tertiary/aromatic N) is 1. The minimum Gasteiger partial charge on any atom is -0.294 e. The standard InChI is InChI=1S/C15H21NO/c1-4-12(5-2)9-15(17)10-14-8-7-13(6-3)11-16-14/h7-9,11H,4-6,10H2,1-3H3. The smallest absolute Gasteiger partial charge is 0.161 e. The van der Waals surface area contributed by atoms with Gasteiger partial charge in [0.2, 0.25) is 0 Å². The van der Waals surface area contributed by atoms with Crippen LogP contribution in [0.3, 0.4) is 0 Å². The Morgan fingerprint density at radius 1 is 1.24 bits per heavy atom. The number of carbonyl (C=O) groups is 1. The maximum Gasteiger partial charge on any atom is 0.161 e. The van der Waals surface area contributed by atoms with Crippen LogP contribution in [0.15, 0.2) is 30.0 Å². The number of pyridine rings is 1. The second kappa shape index (κ2) is 7.00. The zero-order valence-electron chi connectivity index (χ0n) is 11.0. The van der Waals surface area contributed by atoms with Crippen LogP contribution in [-0.4, -0.2) is 10.8 Å². The third-order valence-corrected chi connectivity index (χ3v) is 2.92. The average Bonchev–Trinajstić information content (AvgIpc) is 2.37. The van der Waals surface area contributed by atoms with Gasteiger partial charge in [0.05, 0.1) is 6.42 Å². The lowest BCUT2D eigenvalue weighted by Gasteiger charge is -2.01. The van der Waals surface area contributed by atoms with Crippen LogP contribution in [0.4, 0.5) is 0 Å². The molecule has 17 heavy (non-hydrogen) atoms. The second-order valence-electron chi connectivity index (χ2n) is 4.16. The minimum atomic E-state index is 0.153. The first-order valence-electron chi connectivity index (χ1n) is 6.35. The van der Waals surface area contributed by atoms with E-state index in [1.54, 1.807) is 6.08 Å². The van der Waals surface area contributed by atoms with Gasteiger partial charge in [-0.15, -0.1) is 0 Å². The monoisotopic (exact) mass is 231 g/mol. The lowest BCUT2D eigenvalue weighted by atomic mass is 10.1. The number of aryl methyl sites for hydroxylation is 1. The molecule has 0 aliphatic heterocycles. The third-order valence-electron chi connectivity index (χ3n) is 2.92. The summed E-state index contributed by atoms with van der Waals surface area (Å²) >= 11 is 0. The van der Waals surface area contributed by atoms with Gasteiger partial charge in [-0.25, -0.2) is 0 Å². The molecular formula is C15H21NO. The van der Waals surface area contributed by atoms with Crippen LogP contribution >= 0.6 is 0 Å². The lowest BCUT2D eigenvalue weighted by molar-refractivity contribution is -0.114. The molecule has 1 rings (SSSR count). The summed E-state index contributed by atoms with van der Waals surface area (Å²) in [6.07, 6.45) is 6.92. The van der Waals surface area contributed by atoms with Crippen molar-refractivity contribution in [3.8, 4) is 0 Å². The van der Waals surface area contributed by atoms with E-state index in [0.29, 0.717) is 6.42 Å². The molecular weight excluding hydrogens is 210 g/mol. The van der Waals surface area contributed by atoms with E-state index in [1.807, 2.05) is 18.3 Å². The fourth-order valence-electron chi connectivity index (χ4n) is 1.68. The van der Waals surface area contributed by atoms with E-state index in [-0.39, 0.29) is 5.78 Å². The highest BCUT2D eigenvalue weighted by molar-refractivity contribution is 5.91. The Labute approximate surface area is 104 Å². The molecule has 0 aliphatic carbocycles. The Morgan fingerprint density at radius 2 is 1.94 bits per heavy atom. The van der Waals surface area contributed by atoms with Crippen LogP contribution < -0.4 is 0 Å². The van der Waals surface area contributed by atoms with Gasteiger partial charge in [-0.2, -0.15) is 0 Å². The molecule has 2 nitrogen and oxygen atoms in total. The largest absolute Gasteiger partial charge is 0.294 e. The van der Waals surface area contributed by atoms with E-state index >= 15 is 0 Å². The van der Waals surface area contributed by atoms with Crippen LogP contribution in [0.1, 0.15) is 44.9 Å². The summed E-state index contributed by atoms with van der Waals surface area (Å²) in [5.74, 6) is 0.153. The predicted molar refractivity (Wildman–Crippen MR) is 71.0 cm³/mol. The summed E-state index contributed by atoms with van der Waals surface area (Å²) in [5.41, 5.74) is 3.27. The molecule has 1 aromatic heterocycles. The normalized spacial score (nSPS) is 10.1. The molecule has 1 aromatic rings. The van der Waals surface area contributed by atoms with Crippen LogP contribution in [0.2, 0.25) is 0 Å². The number of hydrogen-bond acceptors (Lipinski definition) is 2. The zero-order chi connectivity index (χ0) is 12.7. The Bertz CT molecular complexity index is 384. The van der Waals surface area contributed by atoms with Crippen molar-refractivity contribution in [2.24, 2.45) is 0 Å². The average molecular weight is 231 g/mol. The minimum absolute atomic E-state index is 0.153. The summed E-state index contributed by atoms with van der Waals surface area (Å²) in [6, 6.07) is 3.99. The SMILES string of the molecule is CCC(=CC(=O)Cc1ccc(CC)cn1)CC. The Morgan fingerprint density at radius 3 is 2.41 bits per heavy atom. The number of rotatable bonds is 6. The first kappa shape index (κ1) is 13.6. The lowest BCUT2D eigenvalue weighted by Crippen LogP contribution is -2.02. The van der Waals surface area contributed by atoms with E-state index < -0.39 is 0 Å². The first-order valence-corrected chi connectivity index (χ1v) is 6.35. The summed E-state index contributed by atoms with van der Waals surface area (Å²) in [7, 11) is 0. The van der Waals surface area contributed by atoms with Gasteiger partial charge in [-0.05, 0) is 37.0 Å². The molecule has 2 heteroatoms. The van der Waals surface area contributed by atoms with Gasteiger partial charge < -0.3 is 0 Å². The van der Waals surface area contributed by atoms with Crippen LogP contribution in [0, 0.1) is 0 Å². The van der Waals surface area contributed by atoms with Gasteiger partial charge in [0, 0.05) is 11.9 Å². The first-order chi connectivity index (χ1) is 8.19. The van der Waals surface area contributed by atoms with E-state index in [9.17, 15) is 4.79 Å². The number of carbonyl (C=O) groups excluding carboxylic acids is 1. The van der Waals surface area contributed by atoms with Gasteiger partial charge in [0.1, 0.15) is 0 Å². The molecule has 0 fully saturated rings. The third kappa shape index (κ3) is 4.51. The number of allylic oxidation sites excluding steroid dienone is 2. The molecule has 0 saturated heterocycles. The molecule has 0 unspecified atom stereocenters. The molecule has 0 N–H and O–H groups in total. The molecule has 0 spiro atoms. The molecule has 0 saturated carbocycles. The molecule has 92 valence electrons. The molecule has 0 bridgehead atoms. The number of hydrogen-bond donors (Lipinski definition) is 0. The number of aromatic nitrogens is 1. The number of ketones is 1. The Kier molecular flexibility index (Phi) is 5.61. The van der Waals surface area contributed by atoms with Crippen molar-refractivity contribution in [3.05, 3.63) is 41.2 Å². The second-order valence-corrected chi connectivity index (χ2v) is 4.16. The van der Waals surface area contributed by atoms with E-state index in [0.717, 1.165) is 25.0 Å². The zero-order valence-corrected chi connectivity index (χ0v) is 11.0. The van der Waals surface area contributed by atoms with Crippen molar-refractivity contribution in [3.63, 3.8) is 0 Å². The molecule has 0 aliphatic rings. The van der Waals surface area contributed by atoms with Gasteiger partial charge >= 0.3 is 0 Å². The van der Waals surface area contributed by atoms with Crippen molar-refractivity contribution in [1.82, 2.24) is 4.98 Å². The van der Waals surface area contributed by atoms with Crippen molar-refractivity contribution in [1.29, 1.82) is 0 Å². The van der Waals surface area contributed by atoms with E-state index in [2.05, 4.69) is 25.8 Å². The highest BCUT2D eigenvalue weighted by Gasteiger charge is 2.03. The molecule has 0 amide bonds. The molecule has 0 atom stereocenters. The summed E-state index contributed by atoms with van der Waals surface area (Å²) in [6.45, 7) is 6.26. The Hall–Kier alpha value is -1.44. The molecule has 0 aromatic carbocycles. The highest BCUT2D eigenvalue weighted by atomic mass is 16.1. The molecule has 0 radical (unpaired) electrons. The van der Waals surface area contributed by atoms with E-state index in [1.165, 1.54) is 11.1 Å². The van der Waals surface area contributed by atoms with Gasteiger partial charge in [0.15, 0.2) is 5.78 Å². The van der Waals surface area contributed by atoms with Gasteiger partial charge in [0.25, 0.3) is 0 Å². The maximum atomic E-state index is 11.8. The fourth-order valence-corrected chi connectivity index (χ4v) is 1.68. The van der Waals surface area contributed by atoms with Gasteiger partial charge in [-0.3, -0.25) is 9.78 Å².